The lowest BCUT2D eigenvalue weighted by atomic mass is 10.1. The molecular formula is C23H20N4OS. The molecule has 0 saturated carbocycles. The summed E-state index contributed by atoms with van der Waals surface area (Å²) in [5.74, 6) is 0.192. The van der Waals surface area contributed by atoms with Gasteiger partial charge in [-0.25, -0.2) is 4.98 Å². The summed E-state index contributed by atoms with van der Waals surface area (Å²) in [6.07, 6.45) is 0. The maximum atomic E-state index is 12.5. The van der Waals surface area contributed by atoms with Crippen LogP contribution < -0.4 is 5.32 Å². The van der Waals surface area contributed by atoms with E-state index in [0.717, 1.165) is 32.9 Å². The number of nitrogens with zero attached hydrogens (tertiary/aromatic N) is 3. The first-order valence-corrected chi connectivity index (χ1v) is 10.3. The third-order valence-corrected chi connectivity index (χ3v) is 6.00. The number of pyridine rings is 1. The number of nitriles is 1. The fraction of sp³-hybridized carbons (Fsp3) is 0.174. The Morgan fingerprint density at radius 3 is 2.66 bits per heavy atom. The molecule has 0 spiro atoms. The highest BCUT2D eigenvalue weighted by Crippen LogP contribution is 2.29. The molecule has 0 fully saturated rings. The summed E-state index contributed by atoms with van der Waals surface area (Å²) in [5, 5.41) is 13.4. The number of carbonyl (C=O) groups excluding carboxylic acids is 1. The number of thioether (sulfide) groups is 1. The standard InChI is InChI=1S/C23H20N4OS/c1-14-8-9-17(10-15(14)2)25-21(28)13-29-22-11-16(3)18(12-24)23-26-19-6-4-5-7-20(19)27(22)23/h4-11H,13H2,1-3H3,(H,25,28). The van der Waals surface area contributed by atoms with E-state index in [2.05, 4.69) is 16.4 Å². The molecule has 0 atom stereocenters. The van der Waals surface area contributed by atoms with Gasteiger partial charge in [0.05, 0.1) is 27.4 Å². The number of imidazole rings is 1. The van der Waals surface area contributed by atoms with E-state index in [9.17, 15) is 10.1 Å². The predicted molar refractivity (Wildman–Crippen MR) is 117 cm³/mol. The average molecular weight is 401 g/mol. The third kappa shape index (κ3) is 3.57. The second-order valence-electron chi connectivity index (χ2n) is 7.05. The molecule has 4 rings (SSSR count). The number of anilines is 1. The summed E-state index contributed by atoms with van der Waals surface area (Å²) in [6, 6.07) is 17.9. The van der Waals surface area contributed by atoms with Crippen LogP contribution in [0, 0.1) is 32.1 Å². The number of hydrogen-bond donors (Lipinski definition) is 1. The summed E-state index contributed by atoms with van der Waals surface area (Å²) in [5.41, 5.74) is 6.94. The number of aromatic nitrogens is 2. The Morgan fingerprint density at radius 1 is 1.10 bits per heavy atom. The molecule has 0 unspecified atom stereocenters. The smallest absolute Gasteiger partial charge is 0.234 e. The van der Waals surface area contributed by atoms with Crippen molar-refractivity contribution in [2.24, 2.45) is 0 Å². The Bertz CT molecular complexity index is 1300. The Kier molecular flexibility index (Phi) is 4.99. The second kappa shape index (κ2) is 7.61. The zero-order valence-corrected chi connectivity index (χ0v) is 17.3. The Morgan fingerprint density at radius 2 is 1.90 bits per heavy atom. The number of benzene rings is 2. The number of aryl methyl sites for hydroxylation is 3. The average Bonchev–Trinajstić information content (AvgIpc) is 3.08. The van der Waals surface area contributed by atoms with Crippen LogP contribution >= 0.6 is 11.8 Å². The van der Waals surface area contributed by atoms with Crippen LogP contribution in [0.4, 0.5) is 5.69 Å². The van der Waals surface area contributed by atoms with E-state index < -0.39 is 0 Å². The van der Waals surface area contributed by atoms with Gasteiger partial charge >= 0.3 is 0 Å². The predicted octanol–water partition coefficient (Wildman–Crippen LogP) is 5.02. The summed E-state index contributed by atoms with van der Waals surface area (Å²) in [4.78, 5) is 17.2. The van der Waals surface area contributed by atoms with Crippen molar-refractivity contribution < 1.29 is 4.79 Å². The highest BCUT2D eigenvalue weighted by Gasteiger charge is 2.16. The number of hydrogen-bond acceptors (Lipinski definition) is 4. The molecule has 0 aliphatic heterocycles. The van der Waals surface area contributed by atoms with E-state index in [1.807, 2.05) is 73.7 Å². The van der Waals surface area contributed by atoms with Gasteiger partial charge < -0.3 is 5.32 Å². The van der Waals surface area contributed by atoms with Crippen molar-refractivity contribution in [3.8, 4) is 6.07 Å². The molecule has 144 valence electrons. The molecule has 1 amide bonds. The minimum atomic E-state index is -0.0714. The van der Waals surface area contributed by atoms with Crippen LogP contribution in [0.5, 0.6) is 0 Å². The number of fused-ring (bicyclic) bond motifs is 3. The van der Waals surface area contributed by atoms with E-state index in [-0.39, 0.29) is 11.7 Å². The Balaban J connectivity index is 1.65. The van der Waals surface area contributed by atoms with Crippen molar-refractivity contribution in [3.63, 3.8) is 0 Å². The van der Waals surface area contributed by atoms with Gasteiger partial charge in [0.2, 0.25) is 5.91 Å². The van der Waals surface area contributed by atoms with Crippen molar-refractivity contribution in [3.05, 3.63) is 70.8 Å². The number of para-hydroxylation sites is 2. The van der Waals surface area contributed by atoms with Gasteiger partial charge in [0.25, 0.3) is 0 Å². The fourth-order valence-electron chi connectivity index (χ4n) is 3.32. The van der Waals surface area contributed by atoms with Crippen LogP contribution in [-0.2, 0) is 4.79 Å². The van der Waals surface area contributed by atoms with E-state index in [1.165, 1.54) is 17.3 Å². The molecule has 0 bridgehead atoms. The van der Waals surface area contributed by atoms with Gasteiger partial charge in [0.15, 0.2) is 5.65 Å². The van der Waals surface area contributed by atoms with Crippen LogP contribution in [0.25, 0.3) is 16.7 Å². The number of amides is 1. The second-order valence-corrected chi connectivity index (χ2v) is 8.04. The quantitative estimate of drug-likeness (QED) is 0.489. The lowest BCUT2D eigenvalue weighted by molar-refractivity contribution is -0.113. The zero-order chi connectivity index (χ0) is 20.5. The van der Waals surface area contributed by atoms with Crippen molar-refractivity contribution in [1.29, 1.82) is 5.26 Å². The number of carbonyl (C=O) groups is 1. The molecule has 0 saturated heterocycles. The third-order valence-electron chi connectivity index (χ3n) is 4.99. The molecule has 29 heavy (non-hydrogen) atoms. The lowest BCUT2D eigenvalue weighted by Gasteiger charge is -2.11. The minimum Gasteiger partial charge on any atom is -0.325 e. The summed E-state index contributed by atoms with van der Waals surface area (Å²) in [7, 11) is 0. The van der Waals surface area contributed by atoms with Crippen molar-refractivity contribution >= 4 is 40.0 Å². The van der Waals surface area contributed by atoms with E-state index in [4.69, 9.17) is 0 Å². The van der Waals surface area contributed by atoms with Gasteiger partial charge in [-0.15, -0.1) is 0 Å². The van der Waals surface area contributed by atoms with Crippen LogP contribution in [0.1, 0.15) is 22.3 Å². The minimum absolute atomic E-state index is 0.0714. The molecule has 6 heteroatoms. The molecule has 5 nitrogen and oxygen atoms in total. The summed E-state index contributed by atoms with van der Waals surface area (Å²) >= 11 is 1.44. The maximum absolute atomic E-state index is 12.5. The van der Waals surface area contributed by atoms with Crippen LogP contribution in [0.2, 0.25) is 0 Å². The van der Waals surface area contributed by atoms with Crippen LogP contribution in [0.3, 0.4) is 0 Å². The molecular weight excluding hydrogens is 380 g/mol. The normalized spacial score (nSPS) is 11.0. The summed E-state index contributed by atoms with van der Waals surface area (Å²) in [6.45, 7) is 5.97. The Labute approximate surface area is 173 Å². The Hall–Kier alpha value is -3.30. The van der Waals surface area contributed by atoms with E-state index >= 15 is 0 Å². The molecule has 1 N–H and O–H groups in total. The first-order chi connectivity index (χ1) is 14.0. The first-order valence-electron chi connectivity index (χ1n) is 9.28. The molecule has 0 radical (unpaired) electrons. The van der Waals surface area contributed by atoms with Gasteiger partial charge in [-0.3, -0.25) is 9.20 Å². The first kappa shape index (κ1) is 19.0. The zero-order valence-electron chi connectivity index (χ0n) is 16.5. The van der Waals surface area contributed by atoms with Crippen molar-refractivity contribution in [2.75, 3.05) is 11.1 Å². The van der Waals surface area contributed by atoms with Gasteiger partial charge in [0, 0.05) is 5.69 Å². The van der Waals surface area contributed by atoms with Gasteiger partial charge in [-0.1, -0.05) is 30.0 Å². The van der Waals surface area contributed by atoms with E-state index in [0.29, 0.717) is 11.2 Å². The molecule has 2 heterocycles. The molecule has 2 aromatic carbocycles. The summed E-state index contributed by atoms with van der Waals surface area (Å²) < 4.78 is 1.97. The van der Waals surface area contributed by atoms with Crippen molar-refractivity contribution in [1.82, 2.24) is 9.38 Å². The number of rotatable bonds is 4. The van der Waals surface area contributed by atoms with Gasteiger partial charge in [-0.2, -0.15) is 5.26 Å². The topological polar surface area (TPSA) is 70.2 Å². The number of nitrogens with one attached hydrogen (secondary N) is 1. The van der Waals surface area contributed by atoms with Gasteiger partial charge in [0.1, 0.15) is 6.07 Å². The van der Waals surface area contributed by atoms with Crippen molar-refractivity contribution in [2.45, 2.75) is 25.8 Å². The lowest BCUT2D eigenvalue weighted by Crippen LogP contribution is -2.14. The largest absolute Gasteiger partial charge is 0.325 e. The SMILES string of the molecule is Cc1ccc(NC(=O)CSc2cc(C)c(C#N)c3nc4ccccc4n23)cc1C. The monoisotopic (exact) mass is 400 g/mol. The molecule has 2 aromatic heterocycles. The molecule has 0 aliphatic carbocycles. The molecule has 0 aliphatic rings. The van der Waals surface area contributed by atoms with Gasteiger partial charge in [-0.05, 0) is 67.8 Å². The molecule has 4 aromatic rings. The van der Waals surface area contributed by atoms with Crippen LogP contribution in [-0.4, -0.2) is 21.0 Å². The van der Waals surface area contributed by atoms with Crippen LogP contribution in [0.15, 0.2) is 53.6 Å². The maximum Gasteiger partial charge on any atom is 0.234 e. The highest BCUT2D eigenvalue weighted by molar-refractivity contribution is 7.99. The highest BCUT2D eigenvalue weighted by atomic mass is 32.2. The van der Waals surface area contributed by atoms with E-state index in [1.54, 1.807) is 0 Å². The fourth-order valence-corrected chi connectivity index (χ4v) is 4.24.